The van der Waals surface area contributed by atoms with E-state index in [0.29, 0.717) is 0 Å². The summed E-state index contributed by atoms with van der Waals surface area (Å²) >= 11 is 0. The Morgan fingerprint density at radius 3 is 0.722 bits per heavy atom. The number of rotatable bonds is 9. The van der Waals surface area contributed by atoms with Gasteiger partial charge < -0.3 is 18.3 Å². The van der Waals surface area contributed by atoms with Crippen LogP contribution >= 0.6 is 0 Å². The molecule has 0 atom stereocenters. The van der Waals surface area contributed by atoms with Crippen LogP contribution in [0.15, 0.2) is 321 Å². The lowest BCUT2D eigenvalue weighted by Crippen LogP contribution is -2.16. The highest BCUT2D eigenvalue weighted by atomic mass is 15.1. The van der Waals surface area contributed by atoms with Gasteiger partial charge in [-0.2, -0.15) is 5.26 Å². The summed E-state index contributed by atoms with van der Waals surface area (Å²) in [6.45, 7) is 0. The van der Waals surface area contributed by atoms with E-state index in [4.69, 9.17) is 16.4 Å². The van der Waals surface area contributed by atoms with E-state index < -0.39 is 353 Å². The Hall–Kier alpha value is -12.2. The summed E-state index contributed by atoms with van der Waals surface area (Å²) in [6.07, 6.45) is 0. The Kier molecular flexibility index (Phi) is 5.65. The van der Waals surface area contributed by atoms with Crippen LogP contribution in [0.2, 0.25) is 0 Å². The third-order valence-corrected chi connectivity index (χ3v) is 15.9. The Bertz CT molecular complexity index is 7560. The normalized spacial score (nSPS) is 18.1. The van der Waals surface area contributed by atoms with Gasteiger partial charge in [-0.05, 0) is 123 Å². The second-order valence-electron chi connectivity index (χ2n) is 20.4. The maximum Gasteiger partial charge on any atom is 0.104 e. The van der Waals surface area contributed by atoms with Crippen molar-refractivity contribution in [3.63, 3.8) is 0 Å². The van der Waals surface area contributed by atoms with Crippen LogP contribution in [0.1, 0.15) is 61.8 Å². The highest BCUT2D eigenvalue weighted by Crippen LogP contribution is 2.53. The number of para-hydroxylation sites is 4. The molecule has 5 heteroatoms. The summed E-state index contributed by atoms with van der Waals surface area (Å²) in [4.78, 5) is 0. The molecule has 0 fully saturated rings. The maximum atomic E-state index is 13.7. The van der Waals surface area contributed by atoms with Crippen LogP contribution < -0.4 is 0 Å². The molecule has 18 rings (SSSR count). The first-order valence-electron chi connectivity index (χ1n) is 47.9. The van der Waals surface area contributed by atoms with Crippen LogP contribution in [0, 0.1) is 11.3 Å². The van der Waals surface area contributed by atoms with E-state index in [1.54, 1.807) is 0 Å². The number of hydrogen-bond donors (Lipinski definition) is 0. The molecule has 0 radical (unpaired) electrons. The van der Waals surface area contributed by atoms with E-state index in [1.807, 2.05) is 0 Å². The number of aromatic nitrogens is 4. The van der Waals surface area contributed by atoms with Gasteiger partial charge in [0, 0.05) is 48.7 Å². The van der Waals surface area contributed by atoms with Crippen LogP contribution in [-0.2, 0) is 0 Å². The molecule has 4 aromatic heterocycles. The van der Waals surface area contributed by atoms with E-state index in [0.717, 1.165) is 9.13 Å². The van der Waals surface area contributed by atoms with Crippen molar-refractivity contribution in [2.45, 2.75) is 0 Å². The van der Waals surface area contributed by atoms with Crippen molar-refractivity contribution in [3.05, 3.63) is 326 Å². The molecule has 0 saturated heterocycles. The van der Waals surface area contributed by atoms with Gasteiger partial charge in [0.1, 0.15) is 11.6 Å². The van der Waals surface area contributed by atoms with E-state index in [9.17, 15) is 45.0 Å². The minimum atomic E-state index is -1.24. The molecule has 0 amide bonds. The van der Waals surface area contributed by atoms with Gasteiger partial charge in [-0.25, -0.2) is 0 Å². The van der Waals surface area contributed by atoms with Crippen LogP contribution in [0.4, 0.5) is 0 Å². The quantitative estimate of drug-likeness (QED) is 0.142. The number of nitrogens with zero attached hydrogens (tertiary/aromatic N) is 5. The van der Waals surface area contributed by atoms with Crippen LogP contribution in [0.25, 0.3) is 166 Å². The average molecular weight is 1190 g/mol. The van der Waals surface area contributed by atoms with Crippen LogP contribution in [0.3, 0.4) is 0 Å². The van der Waals surface area contributed by atoms with Crippen LogP contribution in [-0.4, -0.2) is 18.3 Å². The Balaban J connectivity index is 1.25. The summed E-state index contributed by atoms with van der Waals surface area (Å²) in [5.74, 6) is 0. The van der Waals surface area contributed by atoms with E-state index >= 15 is 0 Å². The SMILES string of the molecule is [2H]c1c([2H])c([2H])c(-c2ccc3c(c2)c2cc(-c4c([2H])c([2H])c([2H])c([2H])c4[2H])ccc2n3-c2c(-c3c([2H])c([2H])c([2H])c([2H])c3[2H])c(-n3c4ccc(-c5c([2H])c([2H])c([2H])c([2H])c5[2H])cc4c4cc(-c5c([2H])c([2H])c([2H])c([2H])c5[2H])ccc43)c(-n3c4c([2H])c([2H])c([2H])c([2H])c4c4c([2H])c([2H])c([2H])c([2H])c43)c(C#N)c2-n2c3c([2H])c([2H])c([2H])c([2H])c3c3c([2H])c([2H])c([2H])c([2H])c32)c([2H])c1[2H]. The zero-order valence-corrected chi connectivity index (χ0v) is 45.7. The molecule has 90 heavy (non-hydrogen) atoms. The molecule has 18 aromatic rings. The number of nitriles is 1. The van der Waals surface area contributed by atoms with Gasteiger partial charge in [-0.15, -0.1) is 0 Å². The minimum Gasteiger partial charge on any atom is -0.306 e. The second kappa shape index (κ2) is 20.5. The molecule has 0 N–H and O–H groups in total. The molecule has 14 aromatic carbocycles. The predicted molar refractivity (Wildman–Crippen MR) is 376 cm³/mol. The third kappa shape index (κ3) is 7.75. The van der Waals surface area contributed by atoms with Gasteiger partial charge in [0.2, 0.25) is 0 Å². The largest absolute Gasteiger partial charge is 0.306 e. The topological polar surface area (TPSA) is 43.5 Å². The lowest BCUT2D eigenvalue weighted by atomic mass is 9.93. The van der Waals surface area contributed by atoms with Crippen molar-refractivity contribution in [2.75, 3.05) is 0 Å². The first-order valence-corrected chi connectivity index (χ1v) is 27.4. The molecule has 0 aliphatic heterocycles. The lowest BCUT2D eigenvalue weighted by Gasteiger charge is -2.29. The van der Waals surface area contributed by atoms with Gasteiger partial charge in [0.15, 0.2) is 0 Å². The smallest absolute Gasteiger partial charge is 0.104 e. The lowest BCUT2D eigenvalue weighted by molar-refractivity contribution is 1.04. The molecule has 5 nitrogen and oxygen atoms in total. The third-order valence-electron chi connectivity index (χ3n) is 15.9. The number of benzene rings is 14. The molecule has 4 heterocycles. The van der Waals surface area contributed by atoms with E-state index in [-0.39, 0.29) is 65.9 Å². The van der Waals surface area contributed by atoms with Crippen molar-refractivity contribution < 1.29 is 56.2 Å². The fraction of sp³-hybridized carbons (Fsp3) is 0. The Morgan fingerprint density at radius 2 is 0.456 bits per heavy atom. The summed E-state index contributed by atoms with van der Waals surface area (Å²) < 4.78 is 392. The number of fused-ring (bicyclic) bond motifs is 12. The zero-order valence-electron chi connectivity index (χ0n) is 86.7. The minimum absolute atomic E-state index is 0.196. The van der Waals surface area contributed by atoms with Gasteiger partial charge in [-0.3, -0.25) is 0 Å². The molecule has 0 saturated carbocycles. The van der Waals surface area contributed by atoms with Gasteiger partial charge in [0.25, 0.3) is 0 Å². The highest BCUT2D eigenvalue weighted by Gasteiger charge is 2.35. The zero-order chi connectivity index (χ0) is 95.1. The summed E-state index contributed by atoms with van der Waals surface area (Å²) in [7, 11) is 0. The van der Waals surface area contributed by atoms with E-state index in [2.05, 4.69) is 6.07 Å². The van der Waals surface area contributed by atoms with E-state index in [1.165, 1.54) is 81.9 Å². The standard InChI is InChI=1S/C85H53N5/c86-54-72-82(87-73-38-20-16-34-64(73)65-35-17-21-39-74(65)87)84(89-77-46-42-60(55-24-6-1-7-25-55)50-68(77)69-51-61(43-47-78(69)89)56-26-8-2-9-27-56)81(59-32-14-5-15-33-59)85(83(72)88-75-40-22-18-36-66(75)67-37-19-23-41-76(67)88)90-79-48-44-62(57-28-10-3-11-29-57)52-70(79)71-53-63(45-49-80(71)90)58-30-12-4-13-31-58/h1-53H/i1D,2D,3D,4D,5D,6D,7D,8D,9D,10D,11D,12D,13D,14D,15D,16D,17D,18D,19D,20D,21D,22D,23D,24D,25D,26D,27D,28D,29D,30D,31D,32D,33D,34D,35D,36D,37D,38D,39D,40D,41D. The molecule has 0 spiro atoms. The molecular formula is C85H53N5. The van der Waals surface area contributed by atoms with Crippen molar-refractivity contribution in [1.29, 1.82) is 5.26 Å². The highest BCUT2D eigenvalue weighted by molar-refractivity contribution is 6.18. The Morgan fingerprint density at radius 1 is 0.222 bits per heavy atom. The molecular weight excluding hydrogens is 1090 g/mol. The fourth-order valence-electron chi connectivity index (χ4n) is 12.3. The van der Waals surface area contributed by atoms with Gasteiger partial charge in [-0.1, -0.05) is 248 Å². The van der Waals surface area contributed by atoms with Gasteiger partial charge >= 0.3 is 0 Å². The second-order valence-corrected chi connectivity index (χ2v) is 20.4. The van der Waals surface area contributed by atoms with Crippen LogP contribution in [0.5, 0.6) is 0 Å². The average Bonchev–Trinajstić information content (AvgIpc) is 1.54. The number of hydrogen-bond acceptors (Lipinski definition) is 1. The molecule has 0 aliphatic rings. The first-order chi connectivity index (χ1) is 61.7. The first kappa shape index (κ1) is 24.9. The molecule has 418 valence electrons. The molecule has 0 aliphatic carbocycles. The Labute approximate surface area is 576 Å². The summed E-state index contributed by atoms with van der Waals surface area (Å²) in [5, 5.41) is 9.94. The maximum absolute atomic E-state index is 13.7. The molecule has 0 bridgehead atoms. The summed E-state index contributed by atoms with van der Waals surface area (Å²) in [5.41, 5.74) is -14.3. The fourth-order valence-corrected chi connectivity index (χ4v) is 12.3. The van der Waals surface area contributed by atoms with Crippen molar-refractivity contribution >= 4 is 87.2 Å². The van der Waals surface area contributed by atoms with Crippen molar-refractivity contribution in [3.8, 4) is 84.5 Å². The van der Waals surface area contributed by atoms with Crippen molar-refractivity contribution in [2.24, 2.45) is 0 Å². The van der Waals surface area contributed by atoms with Gasteiger partial charge in [0.05, 0.1) is 123 Å². The van der Waals surface area contributed by atoms with Crippen molar-refractivity contribution in [1.82, 2.24) is 18.3 Å². The monoisotopic (exact) mass is 1180 g/mol. The predicted octanol–water partition coefficient (Wildman–Crippen LogP) is 22.3. The molecule has 0 unspecified atom stereocenters. The summed E-state index contributed by atoms with van der Waals surface area (Å²) in [6, 6.07) is -22.4.